The summed E-state index contributed by atoms with van der Waals surface area (Å²) >= 11 is 1.51. The molecule has 0 radical (unpaired) electrons. The van der Waals surface area contributed by atoms with Crippen LogP contribution in [0.5, 0.6) is 0 Å². The van der Waals surface area contributed by atoms with Crippen molar-refractivity contribution < 1.29 is 4.79 Å². The van der Waals surface area contributed by atoms with Gasteiger partial charge in [0.2, 0.25) is 5.91 Å². The molecule has 1 aliphatic rings. The minimum atomic E-state index is 0.217. The molecule has 3 rings (SSSR count). The lowest BCUT2D eigenvalue weighted by atomic mass is 10.0. The minimum absolute atomic E-state index is 0.217. The largest absolute Gasteiger partial charge is 0.339 e. The second-order valence-electron chi connectivity index (χ2n) is 5.88. The Balaban J connectivity index is 1.58. The fourth-order valence-corrected chi connectivity index (χ4v) is 3.75. The van der Waals surface area contributed by atoms with Crippen LogP contribution in [0.4, 0.5) is 0 Å². The molecule has 0 N–H and O–H groups in total. The molecule has 1 fully saturated rings. The number of thioether (sulfide) groups is 1. The van der Waals surface area contributed by atoms with E-state index in [0.717, 1.165) is 30.2 Å². The zero-order chi connectivity index (χ0) is 16.1. The number of rotatable bonds is 5. The Labute approximate surface area is 141 Å². The van der Waals surface area contributed by atoms with E-state index in [4.69, 9.17) is 0 Å². The average Bonchev–Trinajstić information content (AvgIpc) is 3.01. The molecule has 5 nitrogen and oxygen atoms in total. The van der Waals surface area contributed by atoms with Crippen LogP contribution in [0.15, 0.2) is 41.9 Å². The molecule has 0 bridgehead atoms. The fraction of sp³-hybridized carbons (Fsp3) is 0.471. The molecule has 2 aromatic heterocycles. The summed E-state index contributed by atoms with van der Waals surface area (Å²) in [5.74, 6) is 0.665. The lowest BCUT2D eigenvalue weighted by molar-refractivity contribution is -0.131. The maximum absolute atomic E-state index is 12.4. The summed E-state index contributed by atoms with van der Waals surface area (Å²) in [6.07, 6.45) is 8.97. The standard InChI is InChI=1S/C17H22N4OS/c1-14-6-3-5-10-21(14)16(22)13-23-17-19-9-11-20(17)12-15-7-2-4-8-18-15/h2,4,7-9,11,14H,3,5-6,10,12-13H2,1H3. The van der Waals surface area contributed by atoms with Crippen molar-refractivity contribution in [2.75, 3.05) is 12.3 Å². The van der Waals surface area contributed by atoms with Gasteiger partial charge in [-0.05, 0) is 38.3 Å². The van der Waals surface area contributed by atoms with Crippen molar-refractivity contribution in [1.82, 2.24) is 19.4 Å². The molecule has 0 saturated carbocycles. The normalized spacial score (nSPS) is 18.1. The second-order valence-corrected chi connectivity index (χ2v) is 6.82. The van der Waals surface area contributed by atoms with Crippen LogP contribution >= 0.6 is 11.8 Å². The van der Waals surface area contributed by atoms with Crippen molar-refractivity contribution in [2.24, 2.45) is 0 Å². The van der Waals surface area contributed by atoms with Gasteiger partial charge in [0.1, 0.15) is 0 Å². The number of nitrogens with zero attached hydrogens (tertiary/aromatic N) is 4. The van der Waals surface area contributed by atoms with Gasteiger partial charge in [-0.1, -0.05) is 17.8 Å². The highest BCUT2D eigenvalue weighted by molar-refractivity contribution is 7.99. The van der Waals surface area contributed by atoms with Gasteiger partial charge in [0.25, 0.3) is 0 Å². The molecule has 1 atom stereocenters. The van der Waals surface area contributed by atoms with Crippen molar-refractivity contribution in [2.45, 2.75) is 43.9 Å². The number of imidazole rings is 1. The maximum Gasteiger partial charge on any atom is 0.233 e. The topological polar surface area (TPSA) is 51.0 Å². The Kier molecular flexibility index (Phi) is 5.33. The highest BCUT2D eigenvalue weighted by atomic mass is 32.2. The molecule has 0 spiro atoms. The first kappa shape index (κ1) is 16.1. The van der Waals surface area contributed by atoms with Crippen molar-refractivity contribution in [3.63, 3.8) is 0 Å². The van der Waals surface area contributed by atoms with Crippen LogP contribution in [0, 0.1) is 0 Å². The molecule has 0 aliphatic carbocycles. The van der Waals surface area contributed by atoms with Crippen molar-refractivity contribution >= 4 is 17.7 Å². The fourth-order valence-electron chi connectivity index (χ4n) is 2.90. The molecular formula is C17H22N4OS. The summed E-state index contributed by atoms with van der Waals surface area (Å²) in [6.45, 7) is 3.71. The number of piperidine rings is 1. The summed E-state index contributed by atoms with van der Waals surface area (Å²) < 4.78 is 2.04. The number of carbonyl (C=O) groups is 1. The predicted molar refractivity (Wildman–Crippen MR) is 91.3 cm³/mol. The van der Waals surface area contributed by atoms with E-state index in [2.05, 4.69) is 16.9 Å². The van der Waals surface area contributed by atoms with Gasteiger partial charge in [0.15, 0.2) is 5.16 Å². The number of pyridine rings is 1. The van der Waals surface area contributed by atoms with Gasteiger partial charge < -0.3 is 9.47 Å². The van der Waals surface area contributed by atoms with Gasteiger partial charge in [-0.2, -0.15) is 0 Å². The first-order valence-electron chi connectivity index (χ1n) is 8.07. The van der Waals surface area contributed by atoms with Gasteiger partial charge in [-0.3, -0.25) is 9.78 Å². The van der Waals surface area contributed by atoms with E-state index in [1.165, 1.54) is 18.2 Å². The van der Waals surface area contributed by atoms with Gasteiger partial charge in [0, 0.05) is 31.2 Å². The highest BCUT2D eigenvalue weighted by Gasteiger charge is 2.23. The molecule has 0 aromatic carbocycles. The van der Waals surface area contributed by atoms with E-state index >= 15 is 0 Å². The van der Waals surface area contributed by atoms with Crippen LogP contribution in [0.2, 0.25) is 0 Å². The lowest BCUT2D eigenvalue weighted by Crippen LogP contribution is -2.42. The van der Waals surface area contributed by atoms with E-state index in [0.29, 0.717) is 18.3 Å². The molecule has 1 amide bonds. The van der Waals surface area contributed by atoms with Gasteiger partial charge >= 0.3 is 0 Å². The first-order chi connectivity index (χ1) is 11.2. The Morgan fingerprint density at radius 1 is 1.30 bits per heavy atom. The van der Waals surface area contributed by atoms with Crippen LogP contribution in [-0.2, 0) is 11.3 Å². The molecule has 6 heteroatoms. The van der Waals surface area contributed by atoms with Crippen LogP contribution in [-0.4, -0.2) is 43.7 Å². The number of hydrogen-bond acceptors (Lipinski definition) is 4. The summed E-state index contributed by atoms with van der Waals surface area (Å²) in [5.41, 5.74) is 0.989. The molecule has 1 unspecified atom stereocenters. The monoisotopic (exact) mass is 330 g/mol. The van der Waals surface area contributed by atoms with E-state index in [9.17, 15) is 4.79 Å². The molecule has 1 saturated heterocycles. The Morgan fingerprint density at radius 2 is 2.22 bits per heavy atom. The van der Waals surface area contributed by atoms with Crippen LogP contribution in [0.1, 0.15) is 31.9 Å². The summed E-state index contributed by atoms with van der Waals surface area (Å²) in [4.78, 5) is 23.2. The third-order valence-corrected chi connectivity index (χ3v) is 5.17. The number of aromatic nitrogens is 3. The Hall–Kier alpha value is -1.82. The number of amides is 1. The molecule has 1 aliphatic heterocycles. The smallest absolute Gasteiger partial charge is 0.233 e. The molecular weight excluding hydrogens is 308 g/mol. The maximum atomic E-state index is 12.4. The number of hydrogen-bond donors (Lipinski definition) is 0. The van der Waals surface area contributed by atoms with Gasteiger partial charge in [-0.25, -0.2) is 4.98 Å². The highest BCUT2D eigenvalue weighted by Crippen LogP contribution is 2.21. The minimum Gasteiger partial charge on any atom is -0.339 e. The molecule has 122 valence electrons. The number of carbonyl (C=O) groups excluding carboxylic acids is 1. The third kappa shape index (κ3) is 4.13. The van der Waals surface area contributed by atoms with Crippen LogP contribution < -0.4 is 0 Å². The quantitative estimate of drug-likeness (QED) is 0.791. The van der Waals surface area contributed by atoms with E-state index in [1.807, 2.05) is 33.9 Å². The average molecular weight is 330 g/mol. The van der Waals surface area contributed by atoms with Gasteiger partial charge in [-0.15, -0.1) is 0 Å². The second kappa shape index (κ2) is 7.64. The van der Waals surface area contributed by atoms with Crippen molar-refractivity contribution in [3.05, 3.63) is 42.5 Å². The zero-order valence-corrected chi connectivity index (χ0v) is 14.2. The van der Waals surface area contributed by atoms with Crippen molar-refractivity contribution in [1.29, 1.82) is 0 Å². The summed E-state index contributed by atoms with van der Waals surface area (Å²) in [7, 11) is 0. The summed E-state index contributed by atoms with van der Waals surface area (Å²) in [6, 6.07) is 6.25. The molecule has 23 heavy (non-hydrogen) atoms. The third-order valence-electron chi connectivity index (χ3n) is 4.18. The first-order valence-corrected chi connectivity index (χ1v) is 9.06. The van der Waals surface area contributed by atoms with Crippen LogP contribution in [0.25, 0.3) is 0 Å². The lowest BCUT2D eigenvalue weighted by Gasteiger charge is -2.33. The van der Waals surface area contributed by atoms with E-state index in [1.54, 1.807) is 12.4 Å². The summed E-state index contributed by atoms with van der Waals surface area (Å²) in [5, 5.41) is 0.869. The Bertz CT molecular complexity index is 643. The van der Waals surface area contributed by atoms with E-state index < -0.39 is 0 Å². The SMILES string of the molecule is CC1CCCCN1C(=O)CSc1nccn1Cc1ccccn1. The van der Waals surface area contributed by atoms with E-state index in [-0.39, 0.29) is 5.91 Å². The predicted octanol–water partition coefficient (Wildman–Crippen LogP) is 2.82. The molecule has 3 heterocycles. The zero-order valence-electron chi connectivity index (χ0n) is 13.4. The Morgan fingerprint density at radius 3 is 3.00 bits per heavy atom. The van der Waals surface area contributed by atoms with Crippen molar-refractivity contribution in [3.8, 4) is 0 Å². The van der Waals surface area contributed by atoms with Crippen LogP contribution in [0.3, 0.4) is 0 Å². The number of likely N-dealkylation sites (tertiary alicyclic amines) is 1. The molecule has 2 aromatic rings. The van der Waals surface area contributed by atoms with Gasteiger partial charge in [0.05, 0.1) is 18.0 Å².